The predicted octanol–water partition coefficient (Wildman–Crippen LogP) is 1.53. The fraction of sp³-hybridized carbons (Fsp3) is 0.938. The lowest BCUT2D eigenvalue weighted by atomic mass is 10.1. The number of halogens is 2. The number of likely N-dealkylation sites (tertiary alicyclic amines) is 1. The van der Waals surface area contributed by atoms with E-state index in [4.69, 9.17) is 10.5 Å². The number of nitrogens with two attached hydrogens (primary N) is 1. The van der Waals surface area contributed by atoms with Crippen LogP contribution in [0, 0.1) is 11.8 Å². The van der Waals surface area contributed by atoms with Crippen molar-refractivity contribution in [1.29, 1.82) is 0 Å². The molecule has 2 aliphatic heterocycles. The van der Waals surface area contributed by atoms with Crippen molar-refractivity contribution in [3.8, 4) is 0 Å². The molecule has 3 aliphatic rings. The first-order valence-electron chi connectivity index (χ1n) is 8.48. The lowest BCUT2D eigenvalue weighted by Crippen LogP contribution is -2.39. The lowest BCUT2D eigenvalue weighted by molar-refractivity contribution is -0.141. The third-order valence-electron chi connectivity index (χ3n) is 5.08. The Balaban J connectivity index is 0.00000132. The summed E-state index contributed by atoms with van der Waals surface area (Å²) >= 11 is 0. The minimum atomic E-state index is -0.235. The Kier molecular flexibility index (Phi) is 8.59. The zero-order valence-electron chi connectivity index (χ0n) is 14.0. The molecule has 1 unspecified atom stereocenters. The van der Waals surface area contributed by atoms with Crippen LogP contribution >= 0.6 is 24.8 Å². The average molecular weight is 368 g/mol. The molecule has 23 heavy (non-hydrogen) atoms. The Labute approximate surface area is 152 Å². The van der Waals surface area contributed by atoms with Crippen molar-refractivity contribution in [3.63, 3.8) is 0 Å². The Bertz CT molecular complexity index is 382. The maximum atomic E-state index is 12.5. The molecule has 3 fully saturated rings. The molecular weight excluding hydrogens is 337 g/mol. The van der Waals surface area contributed by atoms with Gasteiger partial charge in [0, 0.05) is 32.7 Å². The summed E-state index contributed by atoms with van der Waals surface area (Å²) in [6.45, 7) is 4.68. The first kappa shape index (κ1) is 21.0. The first-order valence-corrected chi connectivity index (χ1v) is 8.48. The van der Waals surface area contributed by atoms with Crippen LogP contribution in [0.3, 0.4) is 0 Å². The van der Waals surface area contributed by atoms with Crippen molar-refractivity contribution in [3.05, 3.63) is 0 Å². The van der Waals surface area contributed by atoms with Gasteiger partial charge in [-0.05, 0) is 51.0 Å². The zero-order valence-corrected chi connectivity index (χ0v) is 15.6. The summed E-state index contributed by atoms with van der Waals surface area (Å²) in [6.07, 6.45) is 5.55. The standard InChI is InChI=1S/C16H29N3O2.2ClH/c1-18(9-12-2-3-12)10-13-6-7-19(11-13)16(20)15-5-4-14(8-17)21-15;;/h12-15H,2-11,17H2,1H3;2*1H/t13?,14-,15+;;/m1../s1. The summed E-state index contributed by atoms with van der Waals surface area (Å²) in [6, 6.07) is 0. The van der Waals surface area contributed by atoms with Gasteiger partial charge < -0.3 is 20.3 Å². The van der Waals surface area contributed by atoms with E-state index >= 15 is 0 Å². The molecule has 136 valence electrons. The number of nitrogens with zero attached hydrogens (tertiary/aromatic N) is 2. The smallest absolute Gasteiger partial charge is 0.251 e. The van der Waals surface area contributed by atoms with Crippen LogP contribution in [0.2, 0.25) is 0 Å². The molecule has 0 aromatic carbocycles. The van der Waals surface area contributed by atoms with Crippen molar-refractivity contribution >= 4 is 30.7 Å². The summed E-state index contributed by atoms with van der Waals surface area (Å²) in [4.78, 5) is 16.9. The number of hydrogen-bond donors (Lipinski definition) is 1. The molecule has 0 aromatic rings. The number of hydrogen-bond acceptors (Lipinski definition) is 4. The topological polar surface area (TPSA) is 58.8 Å². The quantitative estimate of drug-likeness (QED) is 0.773. The van der Waals surface area contributed by atoms with Crippen LogP contribution in [0.5, 0.6) is 0 Å². The normalized spacial score (nSPS) is 30.2. The summed E-state index contributed by atoms with van der Waals surface area (Å²) in [5, 5.41) is 0. The van der Waals surface area contributed by atoms with E-state index in [2.05, 4.69) is 11.9 Å². The van der Waals surface area contributed by atoms with Crippen molar-refractivity contribution in [2.24, 2.45) is 17.6 Å². The predicted molar refractivity (Wildman–Crippen MR) is 96.4 cm³/mol. The van der Waals surface area contributed by atoms with Crippen LogP contribution in [0.4, 0.5) is 0 Å². The van der Waals surface area contributed by atoms with Gasteiger partial charge >= 0.3 is 0 Å². The highest BCUT2D eigenvalue weighted by atomic mass is 35.5. The van der Waals surface area contributed by atoms with E-state index in [0.29, 0.717) is 12.5 Å². The molecule has 1 amide bonds. The Hall–Kier alpha value is -0.0700. The third-order valence-corrected chi connectivity index (χ3v) is 5.08. The van der Waals surface area contributed by atoms with Crippen LogP contribution in [-0.4, -0.2) is 67.7 Å². The second kappa shape index (κ2) is 9.42. The number of amides is 1. The average Bonchev–Trinajstić information content (AvgIpc) is 2.99. The highest BCUT2D eigenvalue weighted by Gasteiger charge is 2.36. The molecule has 5 nitrogen and oxygen atoms in total. The highest BCUT2D eigenvalue weighted by Crippen LogP contribution is 2.30. The zero-order chi connectivity index (χ0) is 14.8. The molecule has 0 bridgehead atoms. The molecular formula is C16H31Cl2N3O2. The van der Waals surface area contributed by atoms with Gasteiger partial charge in [0.05, 0.1) is 6.10 Å². The summed E-state index contributed by atoms with van der Waals surface area (Å²) in [5.74, 6) is 1.76. The molecule has 2 heterocycles. The Morgan fingerprint density at radius 1 is 1.13 bits per heavy atom. The van der Waals surface area contributed by atoms with Crippen molar-refractivity contribution < 1.29 is 9.53 Å². The third kappa shape index (κ3) is 5.75. The van der Waals surface area contributed by atoms with Crippen LogP contribution in [-0.2, 0) is 9.53 Å². The fourth-order valence-corrected chi connectivity index (χ4v) is 3.70. The number of ether oxygens (including phenoxy) is 1. The van der Waals surface area contributed by atoms with Crippen LogP contribution < -0.4 is 5.73 Å². The molecule has 0 radical (unpaired) electrons. The van der Waals surface area contributed by atoms with Gasteiger partial charge in [-0.1, -0.05) is 0 Å². The van der Waals surface area contributed by atoms with Gasteiger partial charge in [-0.15, -0.1) is 24.8 Å². The number of rotatable bonds is 6. The minimum absolute atomic E-state index is 0. The van der Waals surface area contributed by atoms with Gasteiger partial charge in [0.15, 0.2) is 0 Å². The highest BCUT2D eigenvalue weighted by molar-refractivity contribution is 5.85. The van der Waals surface area contributed by atoms with Gasteiger partial charge in [-0.25, -0.2) is 0 Å². The van der Waals surface area contributed by atoms with E-state index in [1.807, 2.05) is 4.90 Å². The minimum Gasteiger partial charge on any atom is -0.364 e. The van der Waals surface area contributed by atoms with E-state index in [1.165, 1.54) is 19.4 Å². The maximum absolute atomic E-state index is 12.5. The molecule has 1 saturated carbocycles. The van der Waals surface area contributed by atoms with E-state index in [9.17, 15) is 4.79 Å². The van der Waals surface area contributed by atoms with Gasteiger partial charge in [0.1, 0.15) is 6.10 Å². The summed E-state index contributed by atoms with van der Waals surface area (Å²) < 4.78 is 5.74. The summed E-state index contributed by atoms with van der Waals surface area (Å²) in [7, 11) is 2.22. The molecule has 3 rings (SSSR count). The number of carbonyl (C=O) groups excluding carboxylic acids is 1. The van der Waals surface area contributed by atoms with E-state index in [1.54, 1.807) is 0 Å². The molecule has 1 aliphatic carbocycles. The van der Waals surface area contributed by atoms with Gasteiger partial charge in [0.25, 0.3) is 5.91 Å². The summed E-state index contributed by atoms with van der Waals surface area (Å²) in [5.41, 5.74) is 5.62. The SMILES string of the molecule is CN(CC1CC1)CC1CCN(C(=O)[C@@H]2CC[C@H](CN)O2)C1.Cl.Cl. The van der Waals surface area contributed by atoms with E-state index in [-0.39, 0.29) is 42.9 Å². The van der Waals surface area contributed by atoms with Gasteiger partial charge in [-0.2, -0.15) is 0 Å². The fourth-order valence-electron chi connectivity index (χ4n) is 3.70. The largest absolute Gasteiger partial charge is 0.364 e. The molecule has 7 heteroatoms. The van der Waals surface area contributed by atoms with Crippen molar-refractivity contribution in [2.75, 3.05) is 39.8 Å². The van der Waals surface area contributed by atoms with Crippen molar-refractivity contribution in [2.45, 2.75) is 44.3 Å². The maximum Gasteiger partial charge on any atom is 0.251 e. The molecule has 2 saturated heterocycles. The first-order chi connectivity index (χ1) is 10.2. The van der Waals surface area contributed by atoms with Crippen LogP contribution in [0.15, 0.2) is 0 Å². The molecule has 0 spiro atoms. The van der Waals surface area contributed by atoms with Gasteiger partial charge in [-0.3, -0.25) is 4.79 Å². The molecule has 0 aromatic heterocycles. The number of carbonyl (C=O) groups is 1. The monoisotopic (exact) mass is 367 g/mol. The second-order valence-electron chi connectivity index (χ2n) is 7.16. The second-order valence-corrected chi connectivity index (χ2v) is 7.16. The van der Waals surface area contributed by atoms with Crippen LogP contribution in [0.1, 0.15) is 32.1 Å². The van der Waals surface area contributed by atoms with E-state index in [0.717, 1.165) is 44.8 Å². The Morgan fingerprint density at radius 2 is 1.83 bits per heavy atom. The molecule has 2 N–H and O–H groups in total. The lowest BCUT2D eigenvalue weighted by Gasteiger charge is -2.23. The Morgan fingerprint density at radius 3 is 2.43 bits per heavy atom. The van der Waals surface area contributed by atoms with E-state index < -0.39 is 0 Å². The molecule has 3 atom stereocenters. The van der Waals surface area contributed by atoms with Crippen molar-refractivity contribution in [1.82, 2.24) is 9.80 Å². The van der Waals surface area contributed by atoms with Gasteiger partial charge in [0.2, 0.25) is 0 Å². The van der Waals surface area contributed by atoms with Crippen LogP contribution in [0.25, 0.3) is 0 Å².